The van der Waals surface area contributed by atoms with E-state index in [1.165, 1.54) is 0 Å². The van der Waals surface area contributed by atoms with Gasteiger partial charge in [0.15, 0.2) is 0 Å². The first kappa shape index (κ1) is 11.4. The number of hydrogen-bond acceptors (Lipinski definition) is 3. The number of nitrogens with two attached hydrogens (primary N) is 1. The molecule has 0 unspecified atom stereocenters. The van der Waals surface area contributed by atoms with Crippen molar-refractivity contribution in [3.8, 4) is 0 Å². The van der Waals surface area contributed by atoms with E-state index >= 15 is 0 Å². The summed E-state index contributed by atoms with van der Waals surface area (Å²) in [6.07, 6.45) is 1.44. The van der Waals surface area contributed by atoms with Crippen molar-refractivity contribution in [1.29, 1.82) is 0 Å². The maximum absolute atomic E-state index is 11.2. The second-order valence-electron chi connectivity index (χ2n) is 2.81. The smallest absolute Gasteiger partial charge is 0.223 e. The molecule has 0 aromatic heterocycles. The number of carbonyl (C=O) groups excluding carboxylic acids is 1. The fourth-order valence-corrected chi connectivity index (χ4v) is 0.932. The van der Waals surface area contributed by atoms with Crippen LogP contribution in [0.4, 0.5) is 0 Å². The summed E-state index contributed by atoms with van der Waals surface area (Å²) in [4.78, 5) is 12.9. The lowest BCUT2D eigenvalue weighted by molar-refractivity contribution is -0.129. The van der Waals surface area contributed by atoms with Crippen molar-refractivity contribution in [2.75, 3.05) is 33.7 Å². The molecule has 0 aromatic rings. The number of rotatable bonds is 6. The zero-order valence-corrected chi connectivity index (χ0v) is 7.97. The van der Waals surface area contributed by atoms with E-state index in [4.69, 9.17) is 5.73 Å². The van der Waals surface area contributed by atoms with Gasteiger partial charge in [-0.3, -0.25) is 4.79 Å². The van der Waals surface area contributed by atoms with Crippen LogP contribution in [0.2, 0.25) is 0 Å². The van der Waals surface area contributed by atoms with Crippen molar-refractivity contribution in [3.05, 3.63) is 0 Å². The van der Waals surface area contributed by atoms with E-state index in [1.807, 2.05) is 14.1 Å². The molecule has 4 heteroatoms. The van der Waals surface area contributed by atoms with E-state index < -0.39 is 0 Å². The van der Waals surface area contributed by atoms with E-state index in [9.17, 15) is 4.79 Å². The number of amides is 1. The first-order chi connectivity index (χ1) is 5.72. The Balaban J connectivity index is 3.42. The summed E-state index contributed by atoms with van der Waals surface area (Å²) >= 11 is 0. The minimum absolute atomic E-state index is 0.133. The predicted molar refractivity (Wildman–Crippen MR) is 49.9 cm³/mol. The molecular weight excluding hydrogens is 154 g/mol. The van der Waals surface area contributed by atoms with Crippen LogP contribution in [0.3, 0.4) is 0 Å². The first-order valence-corrected chi connectivity index (χ1v) is 4.31. The van der Waals surface area contributed by atoms with Gasteiger partial charge in [0.25, 0.3) is 0 Å². The van der Waals surface area contributed by atoms with Crippen molar-refractivity contribution >= 4 is 5.91 Å². The van der Waals surface area contributed by atoms with E-state index in [1.54, 1.807) is 4.90 Å². The number of nitrogens with one attached hydrogen (secondary N) is 1. The van der Waals surface area contributed by atoms with Gasteiger partial charge in [-0.2, -0.15) is 0 Å². The van der Waals surface area contributed by atoms with E-state index in [-0.39, 0.29) is 5.91 Å². The minimum atomic E-state index is 0.133. The van der Waals surface area contributed by atoms with Gasteiger partial charge in [0, 0.05) is 26.6 Å². The highest BCUT2D eigenvalue weighted by Crippen LogP contribution is 1.90. The molecule has 0 aliphatic carbocycles. The first-order valence-electron chi connectivity index (χ1n) is 4.31. The van der Waals surface area contributed by atoms with Crippen LogP contribution in [0.1, 0.15) is 12.8 Å². The van der Waals surface area contributed by atoms with Crippen LogP contribution in [-0.4, -0.2) is 44.5 Å². The van der Waals surface area contributed by atoms with Gasteiger partial charge in [-0.25, -0.2) is 0 Å². The highest BCUT2D eigenvalue weighted by atomic mass is 16.2. The molecule has 0 spiro atoms. The minimum Gasteiger partial charge on any atom is -0.346 e. The fourth-order valence-electron chi connectivity index (χ4n) is 0.932. The summed E-state index contributed by atoms with van der Waals surface area (Å²) in [5.74, 6) is 0.133. The van der Waals surface area contributed by atoms with Gasteiger partial charge < -0.3 is 16.0 Å². The number of nitrogens with zero attached hydrogens (tertiary/aromatic N) is 1. The summed E-state index contributed by atoms with van der Waals surface area (Å²) in [6, 6.07) is 0. The topological polar surface area (TPSA) is 58.4 Å². The standard InChI is InChI=1S/C8H19N3O/c1-10-6-3-7-11(2)8(12)4-5-9/h10H,3-7,9H2,1-2H3. The Bertz CT molecular complexity index is 127. The van der Waals surface area contributed by atoms with Crippen LogP contribution in [0.15, 0.2) is 0 Å². The van der Waals surface area contributed by atoms with Gasteiger partial charge in [-0.05, 0) is 20.0 Å². The van der Waals surface area contributed by atoms with Gasteiger partial charge in [0.05, 0.1) is 0 Å². The maximum Gasteiger partial charge on any atom is 0.223 e. The maximum atomic E-state index is 11.2. The Labute approximate surface area is 74.1 Å². The molecule has 1 amide bonds. The third-order valence-corrected chi connectivity index (χ3v) is 1.70. The predicted octanol–water partition coefficient (Wildman–Crippen LogP) is -0.597. The van der Waals surface area contributed by atoms with Gasteiger partial charge in [-0.15, -0.1) is 0 Å². The third kappa shape index (κ3) is 5.09. The Hall–Kier alpha value is -0.610. The molecule has 0 aliphatic rings. The average Bonchev–Trinajstić information content (AvgIpc) is 2.05. The lowest BCUT2D eigenvalue weighted by Gasteiger charge is -2.16. The number of hydrogen-bond donors (Lipinski definition) is 2. The van der Waals surface area contributed by atoms with Gasteiger partial charge in [0.1, 0.15) is 0 Å². The Morgan fingerprint density at radius 2 is 2.25 bits per heavy atom. The molecule has 0 saturated carbocycles. The van der Waals surface area contributed by atoms with E-state index in [0.29, 0.717) is 13.0 Å². The highest BCUT2D eigenvalue weighted by molar-refractivity contribution is 5.75. The summed E-state index contributed by atoms with van der Waals surface area (Å²) < 4.78 is 0. The largest absolute Gasteiger partial charge is 0.346 e. The molecule has 4 nitrogen and oxygen atoms in total. The quantitative estimate of drug-likeness (QED) is 0.527. The van der Waals surface area contributed by atoms with E-state index in [0.717, 1.165) is 19.5 Å². The van der Waals surface area contributed by atoms with Crippen molar-refractivity contribution in [1.82, 2.24) is 10.2 Å². The molecule has 0 heterocycles. The molecule has 0 atom stereocenters. The Morgan fingerprint density at radius 3 is 2.75 bits per heavy atom. The molecule has 0 aromatic carbocycles. The number of carbonyl (C=O) groups is 1. The van der Waals surface area contributed by atoms with Gasteiger partial charge >= 0.3 is 0 Å². The van der Waals surface area contributed by atoms with Crippen LogP contribution in [0, 0.1) is 0 Å². The zero-order valence-electron chi connectivity index (χ0n) is 7.97. The molecule has 0 aliphatic heterocycles. The van der Waals surface area contributed by atoms with Crippen LogP contribution in [0.5, 0.6) is 0 Å². The summed E-state index contributed by atoms with van der Waals surface area (Å²) in [6.45, 7) is 2.19. The summed E-state index contributed by atoms with van der Waals surface area (Å²) in [5.41, 5.74) is 5.26. The second-order valence-corrected chi connectivity index (χ2v) is 2.81. The molecule has 0 saturated heterocycles. The monoisotopic (exact) mass is 173 g/mol. The highest BCUT2D eigenvalue weighted by Gasteiger charge is 2.05. The molecule has 3 N–H and O–H groups in total. The van der Waals surface area contributed by atoms with Crippen molar-refractivity contribution < 1.29 is 4.79 Å². The molecule has 0 bridgehead atoms. The average molecular weight is 173 g/mol. The molecule has 0 radical (unpaired) electrons. The van der Waals surface area contributed by atoms with Crippen molar-refractivity contribution in [3.63, 3.8) is 0 Å². The Kier molecular flexibility index (Phi) is 6.70. The van der Waals surface area contributed by atoms with Crippen LogP contribution in [0.25, 0.3) is 0 Å². The Morgan fingerprint density at radius 1 is 1.58 bits per heavy atom. The van der Waals surface area contributed by atoms with Gasteiger partial charge in [0.2, 0.25) is 5.91 Å². The molecular formula is C8H19N3O. The molecule has 0 fully saturated rings. The lowest BCUT2D eigenvalue weighted by Crippen LogP contribution is -2.30. The lowest BCUT2D eigenvalue weighted by atomic mass is 10.3. The summed E-state index contributed by atoms with van der Waals surface area (Å²) in [7, 11) is 3.72. The summed E-state index contributed by atoms with van der Waals surface area (Å²) in [5, 5.41) is 3.03. The third-order valence-electron chi connectivity index (χ3n) is 1.70. The fraction of sp³-hybridized carbons (Fsp3) is 0.875. The van der Waals surface area contributed by atoms with Crippen LogP contribution < -0.4 is 11.1 Å². The van der Waals surface area contributed by atoms with E-state index in [2.05, 4.69) is 5.32 Å². The normalized spacial score (nSPS) is 9.92. The molecule has 72 valence electrons. The molecule has 0 rings (SSSR count). The van der Waals surface area contributed by atoms with Crippen molar-refractivity contribution in [2.24, 2.45) is 5.73 Å². The van der Waals surface area contributed by atoms with Gasteiger partial charge in [-0.1, -0.05) is 0 Å². The van der Waals surface area contributed by atoms with Crippen LogP contribution in [-0.2, 0) is 4.79 Å². The van der Waals surface area contributed by atoms with Crippen molar-refractivity contribution in [2.45, 2.75) is 12.8 Å². The zero-order chi connectivity index (χ0) is 9.40. The molecule has 12 heavy (non-hydrogen) atoms. The van der Waals surface area contributed by atoms with Crippen LogP contribution >= 0.6 is 0 Å². The SMILES string of the molecule is CNCCCN(C)C(=O)CCN. The second kappa shape index (κ2) is 7.06.